The number of nitrogens with zero attached hydrogens (tertiary/aromatic N) is 2. The van der Waals surface area contributed by atoms with Crippen LogP contribution in [0.5, 0.6) is 0 Å². The van der Waals surface area contributed by atoms with Crippen molar-refractivity contribution in [2.45, 2.75) is 18.9 Å². The van der Waals surface area contributed by atoms with Crippen molar-refractivity contribution in [1.82, 2.24) is 0 Å². The van der Waals surface area contributed by atoms with Gasteiger partial charge in [-0.1, -0.05) is 27.2 Å². The van der Waals surface area contributed by atoms with Crippen LogP contribution in [0.25, 0.3) is 0 Å². The zero-order valence-corrected chi connectivity index (χ0v) is 8.13. The van der Waals surface area contributed by atoms with Crippen LogP contribution in [-0.2, 0) is 0 Å². The summed E-state index contributed by atoms with van der Waals surface area (Å²) in [4.78, 5) is 10.5. The summed E-state index contributed by atoms with van der Waals surface area (Å²) in [5, 5.41) is 6.24. The molecule has 1 N–H and O–H groups in total. The fourth-order valence-corrected chi connectivity index (χ4v) is 1.74. The first-order chi connectivity index (χ1) is 5.62. The van der Waals surface area contributed by atoms with Crippen LogP contribution < -0.4 is 0 Å². The van der Waals surface area contributed by atoms with E-state index in [1.54, 1.807) is 19.1 Å². The van der Waals surface area contributed by atoms with Crippen LogP contribution in [0.3, 0.4) is 0 Å². The van der Waals surface area contributed by atoms with Gasteiger partial charge in [0, 0.05) is 6.42 Å². The molecule has 1 rings (SSSR count). The molecule has 1 aliphatic rings. The van der Waals surface area contributed by atoms with Crippen LogP contribution >= 0.6 is 15.9 Å². The molecular formula is C7H8BrN3O. The average Bonchev–Trinajstić information content (AvgIpc) is 2.05. The maximum atomic E-state index is 10.5. The van der Waals surface area contributed by atoms with Gasteiger partial charge in [0.2, 0.25) is 0 Å². The maximum absolute atomic E-state index is 10.5. The molecule has 1 atom stereocenters. The second-order valence-electron chi connectivity index (χ2n) is 2.82. The molecule has 0 aromatic rings. The molecule has 0 aliphatic heterocycles. The van der Waals surface area contributed by atoms with E-state index in [-0.39, 0.29) is 0 Å². The Morgan fingerprint density at radius 1 is 1.67 bits per heavy atom. The summed E-state index contributed by atoms with van der Waals surface area (Å²) in [6, 6.07) is 0. The van der Waals surface area contributed by atoms with E-state index in [0.29, 0.717) is 12.1 Å². The lowest BCUT2D eigenvalue weighted by Gasteiger charge is -2.23. The Morgan fingerprint density at radius 2 is 2.33 bits per heavy atom. The van der Waals surface area contributed by atoms with Gasteiger partial charge in [-0.05, 0) is 17.5 Å². The van der Waals surface area contributed by atoms with Gasteiger partial charge in [-0.25, -0.2) is 5.53 Å². The van der Waals surface area contributed by atoms with Crippen LogP contribution in [0, 0.1) is 10.4 Å². The van der Waals surface area contributed by atoms with Crippen molar-refractivity contribution >= 4 is 15.9 Å². The van der Waals surface area contributed by atoms with Crippen LogP contribution in [0.2, 0.25) is 0 Å². The standard InChI is InChI=1S/C7H8BrN3O/c1-7(11-12)4-5(8)2-3-6(7)10-9/h2-3,9H,4H2,1H3/t7-/m0/s1. The summed E-state index contributed by atoms with van der Waals surface area (Å²) in [6.07, 6.45) is 3.88. The summed E-state index contributed by atoms with van der Waals surface area (Å²) in [7, 11) is 0. The van der Waals surface area contributed by atoms with E-state index in [1.807, 2.05) is 0 Å². The van der Waals surface area contributed by atoms with Crippen LogP contribution in [0.1, 0.15) is 13.3 Å². The molecular weight excluding hydrogens is 222 g/mol. The van der Waals surface area contributed by atoms with Crippen molar-refractivity contribution in [3.8, 4) is 0 Å². The molecule has 0 radical (unpaired) electrons. The Hall–Kier alpha value is -0.840. The largest absolute Gasteiger partial charge is 0.205 e. The van der Waals surface area contributed by atoms with Crippen molar-refractivity contribution < 1.29 is 0 Å². The van der Waals surface area contributed by atoms with E-state index in [0.717, 1.165) is 4.48 Å². The van der Waals surface area contributed by atoms with Crippen LogP contribution in [0.4, 0.5) is 0 Å². The van der Waals surface area contributed by atoms with Gasteiger partial charge in [-0.15, -0.1) is 4.91 Å². The van der Waals surface area contributed by atoms with Crippen molar-refractivity contribution in [3.05, 3.63) is 27.2 Å². The first-order valence-electron chi connectivity index (χ1n) is 3.41. The number of allylic oxidation sites excluding steroid dienone is 2. The first kappa shape index (κ1) is 9.25. The lowest BCUT2D eigenvalue weighted by molar-refractivity contribution is 0.532. The third kappa shape index (κ3) is 1.50. The zero-order valence-electron chi connectivity index (χ0n) is 6.54. The van der Waals surface area contributed by atoms with Gasteiger partial charge in [-0.3, -0.25) is 0 Å². The summed E-state index contributed by atoms with van der Waals surface area (Å²) in [5.74, 6) is 0. The molecule has 0 fully saturated rings. The van der Waals surface area contributed by atoms with Gasteiger partial charge in [0.25, 0.3) is 0 Å². The second-order valence-corrected chi connectivity index (χ2v) is 3.84. The average molecular weight is 230 g/mol. The zero-order chi connectivity index (χ0) is 9.19. The van der Waals surface area contributed by atoms with Crippen molar-refractivity contribution in [2.24, 2.45) is 10.3 Å². The maximum Gasteiger partial charge on any atom is 0.148 e. The molecule has 0 aromatic heterocycles. The van der Waals surface area contributed by atoms with Crippen molar-refractivity contribution in [2.75, 3.05) is 0 Å². The fourth-order valence-electron chi connectivity index (χ4n) is 1.06. The minimum atomic E-state index is -0.880. The predicted molar refractivity (Wildman–Crippen MR) is 49.1 cm³/mol. The number of rotatable bonds is 2. The summed E-state index contributed by atoms with van der Waals surface area (Å²) in [6.45, 7) is 1.66. The van der Waals surface area contributed by atoms with Gasteiger partial charge < -0.3 is 0 Å². The van der Waals surface area contributed by atoms with Crippen LogP contribution in [0.15, 0.2) is 32.6 Å². The van der Waals surface area contributed by atoms with Gasteiger partial charge in [0.15, 0.2) is 0 Å². The lowest BCUT2D eigenvalue weighted by Crippen LogP contribution is -2.25. The molecule has 0 bridgehead atoms. The molecule has 5 heteroatoms. The minimum absolute atomic E-state index is 0.403. The molecule has 0 amide bonds. The Bertz CT molecular complexity index is 284. The topological polar surface area (TPSA) is 65.6 Å². The quantitative estimate of drug-likeness (QED) is 0.574. The first-order valence-corrected chi connectivity index (χ1v) is 4.20. The summed E-state index contributed by atoms with van der Waals surface area (Å²) in [5.41, 5.74) is 6.36. The Balaban J connectivity index is 3.07. The fraction of sp³-hybridized carbons (Fsp3) is 0.429. The molecule has 1 aliphatic carbocycles. The number of hydrogen-bond donors (Lipinski definition) is 1. The van der Waals surface area contributed by atoms with E-state index in [1.165, 1.54) is 0 Å². The Morgan fingerprint density at radius 3 is 2.83 bits per heavy atom. The number of nitrogens with one attached hydrogen (secondary N) is 1. The highest BCUT2D eigenvalue weighted by Gasteiger charge is 2.33. The Labute approximate surface area is 78.3 Å². The molecule has 0 saturated heterocycles. The molecule has 0 aromatic carbocycles. The van der Waals surface area contributed by atoms with E-state index in [2.05, 4.69) is 26.2 Å². The molecule has 4 nitrogen and oxygen atoms in total. The molecule has 0 unspecified atom stereocenters. The smallest absolute Gasteiger partial charge is 0.148 e. The number of hydrogen-bond acceptors (Lipinski definition) is 4. The second kappa shape index (κ2) is 3.26. The highest BCUT2D eigenvalue weighted by Crippen LogP contribution is 2.35. The molecule has 0 spiro atoms. The Kier molecular flexibility index (Phi) is 2.52. The number of nitroso groups, excluding NO2 is 1. The van der Waals surface area contributed by atoms with Crippen molar-refractivity contribution in [1.29, 1.82) is 5.53 Å². The highest BCUT2D eigenvalue weighted by atomic mass is 79.9. The van der Waals surface area contributed by atoms with Gasteiger partial charge in [0.05, 0.1) is 5.70 Å². The third-order valence-electron chi connectivity index (χ3n) is 1.81. The third-order valence-corrected chi connectivity index (χ3v) is 2.35. The summed E-state index contributed by atoms with van der Waals surface area (Å²) < 4.78 is 0.900. The highest BCUT2D eigenvalue weighted by molar-refractivity contribution is 9.11. The van der Waals surface area contributed by atoms with E-state index < -0.39 is 5.54 Å². The molecule has 0 heterocycles. The lowest BCUT2D eigenvalue weighted by atomic mass is 9.91. The van der Waals surface area contributed by atoms with E-state index in [4.69, 9.17) is 5.53 Å². The van der Waals surface area contributed by atoms with E-state index in [9.17, 15) is 4.91 Å². The minimum Gasteiger partial charge on any atom is -0.205 e. The van der Waals surface area contributed by atoms with Gasteiger partial charge in [-0.2, -0.15) is 5.11 Å². The SMILES string of the molecule is C[C@]1(N=O)CC(Br)=CC=C1N=N. The predicted octanol–water partition coefficient (Wildman–Crippen LogP) is 3.11. The molecule has 12 heavy (non-hydrogen) atoms. The van der Waals surface area contributed by atoms with Crippen molar-refractivity contribution in [3.63, 3.8) is 0 Å². The molecule has 64 valence electrons. The normalized spacial score (nSPS) is 28.8. The number of halogens is 1. The van der Waals surface area contributed by atoms with E-state index >= 15 is 0 Å². The molecule has 0 saturated carbocycles. The monoisotopic (exact) mass is 229 g/mol. The van der Waals surface area contributed by atoms with Gasteiger partial charge in [0.1, 0.15) is 5.54 Å². The summed E-state index contributed by atoms with van der Waals surface area (Å²) >= 11 is 3.28. The van der Waals surface area contributed by atoms with Gasteiger partial charge >= 0.3 is 0 Å². The van der Waals surface area contributed by atoms with Crippen LogP contribution in [-0.4, -0.2) is 5.54 Å².